The molecule has 0 radical (unpaired) electrons. The lowest BCUT2D eigenvalue weighted by atomic mass is 10.0. The highest BCUT2D eigenvalue weighted by Crippen LogP contribution is 2.37. The van der Waals surface area contributed by atoms with Crippen molar-refractivity contribution in [3.63, 3.8) is 0 Å². The zero-order valence-corrected chi connectivity index (χ0v) is 20.9. The number of thioether (sulfide) groups is 1. The first-order valence-electron chi connectivity index (χ1n) is 9.83. The van der Waals surface area contributed by atoms with Crippen molar-refractivity contribution >= 4 is 46.0 Å². The Morgan fingerprint density at radius 2 is 1.94 bits per heavy atom. The van der Waals surface area contributed by atoms with Gasteiger partial charge in [0.05, 0.1) is 18.2 Å². The van der Waals surface area contributed by atoms with Crippen LogP contribution in [0.15, 0.2) is 16.6 Å². The van der Waals surface area contributed by atoms with E-state index in [0.29, 0.717) is 41.8 Å². The van der Waals surface area contributed by atoms with E-state index in [-0.39, 0.29) is 11.7 Å². The van der Waals surface area contributed by atoms with Crippen LogP contribution in [0, 0.1) is 5.92 Å². The van der Waals surface area contributed by atoms with Gasteiger partial charge in [-0.2, -0.15) is 11.8 Å². The predicted molar refractivity (Wildman–Crippen MR) is 124 cm³/mol. The normalized spacial score (nSPS) is 12.7. The molecule has 1 aromatic carbocycles. The second-order valence-corrected chi connectivity index (χ2v) is 9.11. The summed E-state index contributed by atoms with van der Waals surface area (Å²) in [5.41, 5.74) is 0.842. The van der Waals surface area contributed by atoms with Crippen LogP contribution in [0.5, 0.6) is 11.5 Å². The van der Waals surface area contributed by atoms with E-state index < -0.39 is 24.0 Å². The summed E-state index contributed by atoms with van der Waals surface area (Å²) in [5.74, 6) is 0.359. The van der Waals surface area contributed by atoms with Gasteiger partial charge in [0.25, 0.3) is 0 Å². The third kappa shape index (κ3) is 9.08. The Morgan fingerprint density at radius 3 is 2.48 bits per heavy atom. The van der Waals surface area contributed by atoms with Crippen LogP contribution in [0.25, 0.3) is 0 Å². The number of methoxy groups -OCH3 is 2. The molecule has 0 aliphatic heterocycles. The summed E-state index contributed by atoms with van der Waals surface area (Å²) in [6.07, 6.45) is 3.24. The second-order valence-electron chi connectivity index (χ2n) is 7.27. The van der Waals surface area contributed by atoms with E-state index in [1.165, 1.54) is 7.11 Å². The van der Waals surface area contributed by atoms with E-state index in [1.807, 2.05) is 20.1 Å². The maximum absolute atomic E-state index is 13.0. The van der Waals surface area contributed by atoms with Crippen LogP contribution < -0.4 is 20.1 Å². The second kappa shape index (κ2) is 14.3. The zero-order valence-electron chi connectivity index (χ0n) is 18.5. The van der Waals surface area contributed by atoms with E-state index in [1.54, 1.807) is 31.0 Å². The molecule has 1 aromatic rings. The van der Waals surface area contributed by atoms with Crippen LogP contribution in [0.4, 0.5) is 0 Å². The highest BCUT2D eigenvalue weighted by atomic mass is 79.9. The van der Waals surface area contributed by atoms with Crippen molar-refractivity contribution in [2.75, 3.05) is 26.2 Å². The third-order valence-electron chi connectivity index (χ3n) is 4.31. The summed E-state index contributed by atoms with van der Waals surface area (Å²) >= 11 is 4.97. The van der Waals surface area contributed by atoms with Crippen molar-refractivity contribution in [2.24, 2.45) is 5.92 Å². The minimum atomic E-state index is -0.881. The Bertz CT molecular complexity index is 747. The Labute approximate surface area is 196 Å². The lowest BCUT2D eigenvalue weighted by Gasteiger charge is -2.23. The molecular weight excluding hydrogens is 488 g/mol. The number of amides is 2. The number of nitrogens with one attached hydrogen (secondary N) is 2. The van der Waals surface area contributed by atoms with Gasteiger partial charge in [0, 0.05) is 7.11 Å². The molecule has 0 saturated heterocycles. The Morgan fingerprint density at radius 1 is 1.23 bits per heavy atom. The molecule has 174 valence electrons. The summed E-state index contributed by atoms with van der Waals surface area (Å²) in [5, 5.41) is 5.24. The van der Waals surface area contributed by atoms with Crippen LogP contribution in [0.2, 0.25) is 0 Å². The molecule has 2 unspecified atom stereocenters. The highest BCUT2D eigenvalue weighted by Gasteiger charge is 2.29. The number of esters is 1. The quantitative estimate of drug-likeness (QED) is 0.221. The molecule has 0 spiro atoms. The maximum atomic E-state index is 13.0. The fraction of sp³-hybridized carbons (Fsp3) is 0.571. The number of carbonyl (C=O) groups is 3. The Hall–Kier alpha value is -1.78. The first kappa shape index (κ1) is 27.3. The molecule has 0 aliphatic rings. The first-order chi connectivity index (χ1) is 14.8. The van der Waals surface area contributed by atoms with E-state index in [2.05, 4.69) is 26.6 Å². The van der Waals surface area contributed by atoms with Crippen LogP contribution in [-0.4, -0.2) is 56.6 Å². The van der Waals surface area contributed by atoms with Gasteiger partial charge in [0.1, 0.15) is 12.1 Å². The summed E-state index contributed by atoms with van der Waals surface area (Å²) < 4.78 is 16.7. The van der Waals surface area contributed by atoms with Gasteiger partial charge >= 0.3 is 5.97 Å². The molecule has 10 heteroatoms. The van der Waals surface area contributed by atoms with Gasteiger partial charge in [-0.25, -0.2) is 4.79 Å². The van der Waals surface area contributed by atoms with Crippen molar-refractivity contribution < 1.29 is 28.6 Å². The number of benzene rings is 1. The summed E-state index contributed by atoms with van der Waals surface area (Å²) in [6.45, 7) is 4.26. The molecule has 0 saturated carbocycles. The van der Waals surface area contributed by atoms with Gasteiger partial charge in [0.15, 0.2) is 11.5 Å². The van der Waals surface area contributed by atoms with Gasteiger partial charge in [-0.15, -0.1) is 0 Å². The maximum Gasteiger partial charge on any atom is 0.334 e. The molecule has 1 rings (SSSR count). The molecule has 0 aliphatic carbocycles. The van der Waals surface area contributed by atoms with Gasteiger partial charge in [-0.3, -0.25) is 9.59 Å². The third-order valence-corrected chi connectivity index (χ3v) is 5.54. The van der Waals surface area contributed by atoms with Gasteiger partial charge in [-0.1, -0.05) is 13.8 Å². The number of halogens is 1. The fourth-order valence-corrected chi connectivity index (χ4v) is 3.90. The van der Waals surface area contributed by atoms with Gasteiger partial charge < -0.3 is 24.8 Å². The van der Waals surface area contributed by atoms with Gasteiger partial charge in [0.2, 0.25) is 12.3 Å². The summed E-state index contributed by atoms with van der Waals surface area (Å²) in [4.78, 5) is 36.6. The van der Waals surface area contributed by atoms with E-state index in [4.69, 9.17) is 14.2 Å². The minimum Gasteiger partial charge on any atom is -0.493 e. The average molecular weight is 519 g/mol. The number of carbonyl (C=O) groups excluding carboxylic acids is 3. The monoisotopic (exact) mass is 518 g/mol. The number of rotatable bonds is 14. The lowest BCUT2D eigenvalue weighted by molar-refractivity contribution is -0.140. The molecule has 2 amide bonds. The van der Waals surface area contributed by atoms with Crippen LogP contribution in [-0.2, 0) is 25.7 Å². The topological polar surface area (TPSA) is 103 Å². The largest absolute Gasteiger partial charge is 0.493 e. The standard InChI is InChI=1S/C21H31BrN2O6S/c1-13(2)8-17(24-20(26)16(23-12-25)6-7-31-5)21(27)30-19-15(22)9-14(11-28-3)10-18(19)29-4/h9-10,12-13,16-17H,6-8,11H2,1-5H3,(H,23,25)(H,24,26). The zero-order chi connectivity index (χ0) is 23.4. The van der Waals surface area contributed by atoms with Gasteiger partial charge in [-0.05, 0) is 64.4 Å². The Balaban J connectivity index is 3.05. The van der Waals surface area contributed by atoms with Crippen molar-refractivity contribution in [3.8, 4) is 11.5 Å². The van der Waals surface area contributed by atoms with Crippen LogP contribution in [0.3, 0.4) is 0 Å². The van der Waals surface area contributed by atoms with Crippen molar-refractivity contribution in [1.29, 1.82) is 0 Å². The SMILES string of the molecule is COCc1cc(Br)c(OC(=O)C(CC(C)C)NC(=O)C(CCSC)NC=O)c(OC)c1. The number of hydrogen-bond acceptors (Lipinski definition) is 7. The molecular formula is C21H31BrN2O6S. The molecule has 2 atom stereocenters. The molecule has 31 heavy (non-hydrogen) atoms. The van der Waals surface area contributed by atoms with E-state index >= 15 is 0 Å². The minimum absolute atomic E-state index is 0.121. The predicted octanol–water partition coefficient (Wildman–Crippen LogP) is 2.91. The lowest BCUT2D eigenvalue weighted by Crippen LogP contribution is -2.51. The highest BCUT2D eigenvalue weighted by molar-refractivity contribution is 9.10. The van der Waals surface area contributed by atoms with Crippen LogP contribution >= 0.6 is 27.7 Å². The summed E-state index contributed by atoms with van der Waals surface area (Å²) in [7, 11) is 3.06. The van der Waals surface area contributed by atoms with E-state index in [9.17, 15) is 14.4 Å². The van der Waals surface area contributed by atoms with Crippen molar-refractivity contribution in [1.82, 2.24) is 10.6 Å². The molecule has 2 N–H and O–H groups in total. The van der Waals surface area contributed by atoms with Crippen molar-refractivity contribution in [2.45, 2.75) is 45.4 Å². The average Bonchev–Trinajstić information content (AvgIpc) is 2.71. The fourth-order valence-electron chi connectivity index (χ4n) is 2.86. The molecule has 0 fully saturated rings. The smallest absolute Gasteiger partial charge is 0.334 e. The molecule has 8 nitrogen and oxygen atoms in total. The Kier molecular flexibility index (Phi) is 12.6. The summed E-state index contributed by atoms with van der Waals surface area (Å²) in [6, 6.07) is 1.89. The van der Waals surface area contributed by atoms with Crippen molar-refractivity contribution in [3.05, 3.63) is 22.2 Å². The number of ether oxygens (including phenoxy) is 3. The van der Waals surface area contributed by atoms with E-state index in [0.717, 1.165) is 5.56 Å². The molecule has 0 heterocycles. The van der Waals surface area contributed by atoms with Crippen LogP contribution in [0.1, 0.15) is 32.3 Å². The molecule has 0 aromatic heterocycles. The first-order valence-corrected chi connectivity index (χ1v) is 12.0. The number of hydrogen-bond donors (Lipinski definition) is 2. The molecule has 0 bridgehead atoms.